The minimum Gasteiger partial charge on any atom is -0.324 e. The summed E-state index contributed by atoms with van der Waals surface area (Å²) >= 11 is 11.5. The van der Waals surface area contributed by atoms with E-state index in [-0.39, 0.29) is 23.0 Å². The van der Waals surface area contributed by atoms with Crippen molar-refractivity contribution >= 4 is 35.6 Å². The Morgan fingerprint density at radius 2 is 1.94 bits per heavy atom. The fourth-order valence-electron chi connectivity index (χ4n) is 1.36. The van der Waals surface area contributed by atoms with Gasteiger partial charge in [0.1, 0.15) is 5.82 Å². The van der Waals surface area contributed by atoms with Crippen molar-refractivity contribution in [3.63, 3.8) is 0 Å². The van der Waals surface area contributed by atoms with E-state index in [1.165, 1.54) is 6.07 Å². The Hall–Kier alpha value is -0.280. The molecule has 0 saturated carbocycles. The number of rotatable bonds is 3. The van der Waals surface area contributed by atoms with Gasteiger partial charge in [0.2, 0.25) is 0 Å². The Kier molecular flexibility index (Phi) is 6.34. The maximum atomic E-state index is 13.6. The lowest BCUT2D eigenvalue weighted by Gasteiger charge is -2.15. The highest BCUT2D eigenvalue weighted by Crippen LogP contribution is 2.31. The Morgan fingerprint density at radius 1 is 1.44 bits per heavy atom. The van der Waals surface area contributed by atoms with Gasteiger partial charge < -0.3 is 5.73 Å². The smallest absolute Gasteiger partial charge is 0.148 e. The van der Waals surface area contributed by atoms with Gasteiger partial charge in [-0.05, 0) is 25.5 Å². The largest absolute Gasteiger partial charge is 0.324 e. The van der Waals surface area contributed by atoms with E-state index in [2.05, 4.69) is 6.58 Å². The Balaban J connectivity index is 0.00000225. The van der Waals surface area contributed by atoms with Gasteiger partial charge in [0.05, 0.1) is 5.02 Å². The summed E-state index contributed by atoms with van der Waals surface area (Å²) in [5.74, 6) is -0.544. The predicted molar refractivity (Wildman–Crippen MR) is 70.0 cm³/mol. The highest BCUT2D eigenvalue weighted by Gasteiger charge is 2.17. The molecular formula is C11H13Cl3FN. The first kappa shape index (κ1) is 15.7. The van der Waals surface area contributed by atoms with Gasteiger partial charge in [-0.1, -0.05) is 28.8 Å². The average molecular weight is 285 g/mol. The molecule has 0 saturated heterocycles. The second-order valence-electron chi connectivity index (χ2n) is 3.52. The van der Waals surface area contributed by atoms with Crippen LogP contribution in [0.5, 0.6) is 0 Å². The zero-order valence-electron chi connectivity index (χ0n) is 8.77. The highest BCUT2D eigenvalue weighted by molar-refractivity contribution is 6.33. The second kappa shape index (κ2) is 6.45. The minimum absolute atomic E-state index is 0. The summed E-state index contributed by atoms with van der Waals surface area (Å²) in [5, 5.41) is 0.331. The van der Waals surface area contributed by atoms with E-state index < -0.39 is 11.9 Å². The zero-order valence-corrected chi connectivity index (χ0v) is 11.1. The third-order valence-corrected chi connectivity index (χ3v) is 2.64. The maximum Gasteiger partial charge on any atom is 0.148 e. The molecule has 16 heavy (non-hydrogen) atoms. The van der Waals surface area contributed by atoms with E-state index in [9.17, 15) is 4.39 Å². The first-order chi connectivity index (χ1) is 6.93. The van der Waals surface area contributed by atoms with Crippen LogP contribution < -0.4 is 5.73 Å². The lowest BCUT2D eigenvalue weighted by Crippen LogP contribution is -2.13. The summed E-state index contributed by atoms with van der Waals surface area (Å²) in [6.07, 6.45) is 0.483. The second-order valence-corrected chi connectivity index (χ2v) is 4.34. The van der Waals surface area contributed by atoms with Crippen LogP contribution >= 0.6 is 35.6 Å². The molecule has 0 aliphatic carbocycles. The zero-order chi connectivity index (χ0) is 11.6. The van der Waals surface area contributed by atoms with Gasteiger partial charge in [-0.2, -0.15) is 0 Å². The third kappa shape index (κ3) is 3.63. The molecule has 1 aromatic rings. The van der Waals surface area contributed by atoms with Crippen molar-refractivity contribution < 1.29 is 4.39 Å². The lowest BCUT2D eigenvalue weighted by atomic mass is 10.0. The molecule has 0 heterocycles. The number of hydrogen-bond acceptors (Lipinski definition) is 1. The van der Waals surface area contributed by atoms with Crippen LogP contribution in [0.2, 0.25) is 10.0 Å². The Labute approximate surface area is 111 Å². The van der Waals surface area contributed by atoms with Crippen molar-refractivity contribution in [2.24, 2.45) is 5.73 Å². The van der Waals surface area contributed by atoms with Gasteiger partial charge in [0.15, 0.2) is 0 Å². The van der Waals surface area contributed by atoms with E-state index in [1.54, 1.807) is 6.07 Å². The summed E-state index contributed by atoms with van der Waals surface area (Å²) < 4.78 is 13.6. The van der Waals surface area contributed by atoms with Crippen molar-refractivity contribution in [3.8, 4) is 0 Å². The molecule has 5 heteroatoms. The van der Waals surface area contributed by atoms with Crippen LogP contribution in [0.25, 0.3) is 0 Å². The quantitative estimate of drug-likeness (QED) is 0.641. The number of hydrogen-bond donors (Lipinski definition) is 1. The van der Waals surface area contributed by atoms with E-state index >= 15 is 0 Å². The SMILES string of the molecule is C=C(C)C[C@@H](N)c1c(Cl)ccc(Cl)c1F.Cl. The molecule has 0 unspecified atom stereocenters. The predicted octanol–water partition coefficient (Wildman–Crippen LogP) is 4.52. The molecule has 90 valence electrons. The van der Waals surface area contributed by atoms with Crippen LogP contribution in [0.4, 0.5) is 4.39 Å². The van der Waals surface area contributed by atoms with Gasteiger partial charge in [0.25, 0.3) is 0 Å². The molecule has 1 atom stereocenters. The molecule has 0 fully saturated rings. The van der Waals surface area contributed by atoms with Gasteiger partial charge >= 0.3 is 0 Å². The molecule has 0 spiro atoms. The fourth-order valence-corrected chi connectivity index (χ4v) is 1.81. The van der Waals surface area contributed by atoms with Gasteiger partial charge in [-0.15, -0.1) is 19.0 Å². The molecule has 0 aliphatic rings. The van der Waals surface area contributed by atoms with E-state index in [1.807, 2.05) is 6.92 Å². The number of benzene rings is 1. The molecule has 1 rings (SSSR count). The minimum atomic E-state index is -0.544. The van der Waals surface area contributed by atoms with Crippen LogP contribution in [0, 0.1) is 5.82 Å². The van der Waals surface area contributed by atoms with Crippen molar-refractivity contribution in [3.05, 3.63) is 45.7 Å². The lowest BCUT2D eigenvalue weighted by molar-refractivity contribution is 0.580. The van der Waals surface area contributed by atoms with Crippen LogP contribution in [-0.4, -0.2) is 0 Å². The molecule has 0 aliphatic heterocycles. The fraction of sp³-hybridized carbons (Fsp3) is 0.273. The maximum absolute atomic E-state index is 13.6. The van der Waals surface area contributed by atoms with Crippen molar-refractivity contribution in [2.75, 3.05) is 0 Å². The first-order valence-corrected chi connectivity index (χ1v) is 5.22. The molecule has 0 bridgehead atoms. The standard InChI is InChI=1S/C11H12Cl2FN.ClH/c1-6(2)5-9(15)10-7(12)3-4-8(13)11(10)14;/h3-4,9H,1,5,15H2,2H3;1H/t9-;/m1./s1. The molecule has 0 aromatic heterocycles. The van der Waals surface area contributed by atoms with Crippen molar-refractivity contribution in [2.45, 2.75) is 19.4 Å². The summed E-state index contributed by atoms with van der Waals surface area (Å²) in [6, 6.07) is 2.45. The van der Waals surface area contributed by atoms with Gasteiger partial charge in [-0.3, -0.25) is 0 Å². The molecule has 0 amide bonds. The van der Waals surface area contributed by atoms with E-state index in [0.29, 0.717) is 11.4 Å². The summed E-state index contributed by atoms with van der Waals surface area (Å²) in [5.41, 5.74) is 6.95. The monoisotopic (exact) mass is 283 g/mol. The van der Waals surface area contributed by atoms with Crippen LogP contribution in [-0.2, 0) is 0 Å². The van der Waals surface area contributed by atoms with E-state index in [0.717, 1.165) is 5.57 Å². The summed E-state index contributed by atoms with van der Waals surface area (Å²) in [7, 11) is 0. The Morgan fingerprint density at radius 3 is 2.44 bits per heavy atom. The number of nitrogens with two attached hydrogens (primary N) is 1. The van der Waals surface area contributed by atoms with Gasteiger partial charge in [0, 0.05) is 16.6 Å². The summed E-state index contributed by atoms with van der Waals surface area (Å²) in [4.78, 5) is 0. The molecule has 1 nitrogen and oxygen atoms in total. The number of halogens is 4. The topological polar surface area (TPSA) is 26.0 Å². The molecular weight excluding hydrogens is 271 g/mol. The van der Waals surface area contributed by atoms with Crippen molar-refractivity contribution in [1.29, 1.82) is 0 Å². The Bertz CT molecular complexity index is 393. The normalized spacial score (nSPS) is 11.8. The molecule has 1 aromatic carbocycles. The van der Waals surface area contributed by atoms with Crippen LogP contribution in [0.15, 0.2) is 24.3 Å². The highest BCUT2D eigenvalue weighted by atomic mass is 35.5. The van der Waals surface area contributed by atoms with Crippen LogP contribution in [0.3, 0.4) is 0 Å². The molecule has 0 radical (unpaired) electrons. The van der Waals surface area contributed by atoms with Crippen LogP contribution in [0.1, 0.15) is 24.9 Å². The first-order valence-electron chi connectivity index (χ1n) is 4.46. The molecule has 2 N–H and O–H groups in total. The van der Waals surface area contributed by atoms with Crippen molar-refractivity contribution in [1.82, 2.24) is 0 Å². The van der Waals surface area contributed by atoms with E-state index in [4.69, 9.17) is 28.9 Å². The average Bonchev–Trinajstić information content (AvgIpc) is 2.11. The van der Waals surface area contributed by atoms with Gasteiger partial charge in [-0.25, -0.2) is 4.39 Å². The third-order valence-electron chi connectivity index (χ3n) is 2.02. The summed E-state index contributed by atoms with van der Waals surface area (Å²) in [6.45, 7) is 5.55.